The molecule has 5 heteroatoms. The van der Waals surface area contributed by atoms with Crippen molar-refractivity contribution in [1.29, 1.82) is 5.26 Å². The van der Waals surface area contributed by atoms with E-state index in [1.54, 1.807) is 18.4 Å². The Bertz CT molecular complexity index is 842. The average Bonchev–Trinajstić information content (AvgIpc) is 3.23. The predicted octanol–water partition coefficient (Wildman–Crippen LogP) is 4.94. The number of allylic oxidation sites excluding steroid dienone is 1. The topological polar surface area (TPSA) is 45.9 Å². The molecule has 0 aliphatic carbocycles. The summed E-state index contributed by atoms with van der Waals surface area (Å²) in [5.41, 5.74) is 2.40. The molecule has 0 radical (unpaired) electrons. The van der Waals surface area contributed by atoms with Gasteiger partial charge in [-0.2, -0.15) is 5.26 Å². The van der Waals surface area contributed by atoms with Gasteiger partial charge in [0.05, 0.1) is 23.3 Å². The zero-order valence-electron chi connectivity index (χ0n) is 11.8. The molecular formula is C17H12N2OS2. The van der Waals surface area contributed by atoms with Gasteiger partial charge in [0.1, 0.15) is 16.8 Å². The first-order chi connectivity index (χ1) is 10.8. The van der Waals surface area contributed by atoms with Crippen LogP contribution in [0.4, 0.5) is 0 Å². The third kappa shape index (κ3) is 3.08. The number of hydrogen-bond acceptors (Lipinski definition) is 5. The number of rotatable bonds is 4. The molecular weight excluding hydrogens is 312 g/mol. The van der Waals surface area contributed by atoms with Crippen molar-refractivity contribution in [2.45, 2.75) is 0 Å². The molecule has 0 fully saturated rings. The Kier molecular flexibility index (Phi) is 4.33. The van der Waals surface area contributed by atoms with E-state index < -0.39 is 0 Å². The normalized spacial score (nSPS) is 11.2. The van der Waals surface area contributed by atoms with Gasteiger partial charge in [-0.1, -0.05) is 18.2 Å². The van der Waals surface area contributed by atoms with Gasteiger partial charge >= 0.3 is 0 Å². The van der Waals surface area contributed by atoms with Crippen molar-refractivity contribution in [3.8, 4) is 22.4 Å². The fraction of sp³-hybridized carbons (Fsp3) is 0.0588. The van der Waals surface area contributed by atoms with E-state index >= 15 is 0 Å². The second-order valence-corrected chi connectivity index (χ2v) is 6.27. The van der Waals surface area contributed by atoms with E-state index in [1.807, 2.05) is 53.2 Å². The van der Waals surface area contributed by atoms with Gasteiger partial charge in [-0.05, 0) is 35.2 Å². The molecule has 0 amide bonds. The lowest BCUT2D eigenvalue weighted by Crippen LogP contribution is -1.84. The Morgan fingerprint density at radius 1 is 1.27 bits per heavy atom. The van der Waals surface area contributed by atoms with Gasteiger partial charge in [0.2, 0.25) is 0 Å². The highest BCUT2D eigenvalue weighted by atomic mass is 32.1. The quantitative estimate of drug-likeness (QED) is 0.638. The van der Waals surface area contributed by atoms with Crippen LogP contribution >= 0.6 is 22.7 Å². The van der Waals surface area contributed by atoms with E-state index in [1.165, 1.54) is 11.3 Å². The van der Waals surface area contributed by atoms with E-state index in [9.17, 15) is 5.26 Å². The van der Waals surface area contributed by atoms with E-state index in [0.29, 0.717) is 5.57 Å². The van der Waals surface area contributed by atoms with Crippen LogP contribution in [0.1, 0.15) is 10.6 Å². The third-order valence-corrected chi connectivity index (χ3v) is 4.80. The molecule has 3 nitrogen and oxygen atoms in total. The van der Waals surface area contributed by atoms with Gasteiger partial charge in [-0.15, -0.1) is 22.7 Å². The number of methoxy groups -OCH3 is 1. The summed E-state index contributed by atoms with van der Waals surface area (Å²) in [6.45, 7) is 0. The van der Waals surface area contributed by atoms with E-state index in [2.05, 4.69) is 11.1 Å². The Balaban J connectivity index is 1.94. The maximum atomic E-state index is 9.43. The zero-order chi connectivity index (χ0) is 15.4. The van der Waals surface area contributed by atoms with Gasteiger partial charge in [0.25, 0.3) is 0 Å². The molecule has 0 bridgehead atoms. The predicted molar refractivity (Wildman–Crippen MR) is 91.9 cm³/mol. The monoisotopic (exact) mass is 324 g/mol. The van der Waals surface area contributed by atoms with Crippen LogP contribution < -0.4 is 4.74 Å². The summed E-state index contributed by atoms with van der Waals surface area (Å²) >= 11 is 3.13. The van der Waals surface area contributed by atoms with Crippen molar-refractivity contribution in [2.75, 3.05) is 7.11 Å². The molecule has 0 N–H and O–H groups in total. The SMILES string of the molecule is COc1cccc(C=C(C#N)c2nc(-c3cccs3)cs2)c1. The molecule has 3 rings (SSSR count). The number of thiazole rings is 1. The first-order valence-electron chi connectivity index (χ1n) is 6.56. The molecule has 0 atom stereocenters. The average molecular weight is 324 g/mol. The number of benzene rings is 1. The standard InChI is InChI=1S/C17H12N2OS2/c1-20-14-5-2-4-12(9-14)8-13(10-18)17-19-15(11-22-17)16-6-3-7-21-16/h2-9,11H,1H3. The lowest BCUT2D eigenvalue weighted by molar-refractivity contribution is 0.414. The highest BCUT2D eigenvalue weighted by Crippen LogP contribution is 2.29. The van der Waals surface area contributed by atoms with Crippen LogP contribution in [0, 0.1) is 11.3 Å². The minimum absolute atomic E-state index is 0.557. The summed E-state index contributed by atoms with van der Waals surface area (Å²) in [4.78, 5) is 5.68. The van der Waals surface area contributed by atoms with Gasteiger partial charge in [0.15, 0.2) is 0 Å². The number of nitrogens with zero attached hydrogens (tertiary/aromatic N) is 2. The molecule has 3 aromatic rings. The Labute approximate surface area is 136 Å². The van der Waals surface area contributed by atoms with Crippen LogP contribution in [0.3, 0.4) is 0 Å². The summed E-state index contributed by atoms with van der Waals surface area (Å²) in [6, 6.07) is 13.9. The van der Waals surface area contributed by atoms with Crippen LogP contribution in [-0.2, 0) is 0 Å². The second kappa shape index (κ2) is 6.56. The summed E-state index contributed by atoms with van der Waals surface area (Å²) in [6.07, 6.45) is 1.83. The summed E-state index contributed by atoms with van der Waals surface area (Å²) in [7, 11) is 1.63. The molecule has 0 aliphatic rings. The summed E-state index contributed by atoms with van der Waals surface area (Å²) in [5, 5.41) is 14.2. The smallest absolute Gasteiger partial charge is 0.134 e. The lowest BCUT2D eigenvalue weighted by Gasteiger charge is -2.00. The fourth-order valence-electron chi connectivity index (χ4n) is 1.97. The zero-order valence-corrected chi connectivity index (χ0v) is 13.4. The summed E-state index contributed by atoms with van der Waals surface area (Å²) < 4.78 is 5.21. The van der Waals surface area contributed by atoms with Crippen LogP contribution in [0.2, 0.25) is 0 Å². The molecule has 22 heavy (non-hydrogen) atoms. The van der Waals surface area contributed by atoms with E-state index in [0.717, 1.165) is 26.9 Å². The third-order valence-electron chi connectivity index (χ3n) is 3.03. The maximum absolute atomic E-state index is 9.43. The molecule has 0 spiro atoms. The van der Waals surface area contributed by atoms with Crippen molar-refractivity contribution >= 4 is 34.3 Å². The van der Waals surface area contributed by atoms with Gasteiger partial charge in [-0.3, -0.25) is 0 Å². The van der Waals surface area contributed by atoms with Gasteiger partial charge in [-0.25, -0.2) is 4.98 Å². The molecule has 0 saturated carbocycles. The molecule has 0 saturated heterocycles. The van der Waals surface area contributed by atoms with Crippen molar-refractivity contribution in [3.05, 3.63) is 57.7 Å². The number of ether oxygens (including phenoxy) is 1. The molecule has 2 aromatic heterocycles. The van der Waals surface area contributed by atoms with Crippen LogP contribution in [0.15, 0.2) is 47.2 Å². The summed E-state index contributed by atoms with van der Waals surface area (Å²) in [5.74, 6) is 0.768. The second-order valence-electron chi connectivity index (χ2n) is 4.46. The number of thiophene rings is 1. The van der Waals surface area contributed by atoms with Crippen molar-refractivity contribution in [3.63, 3.8) is 0 Å². The number of aromatic nitrogens is 1. The van der Waals surface area contributed by atoms with Crippen LogP contribution in [0.25, 0.3) is 22.2 Å². The fourth-order valence-corrected chi connectivity index (χ4v) is 3.52. The van der Waals surface area contributed by atoms with Crippen molar-refractivity contribution in [1.82, 2.24) is 4.98 Å². The molecule has 0 aliphatic heterocycles. The van der Waals surface area contributed by atoms with Crippen molar-refractivity contribution in [2.24, 2.45) is 0 Å². The van der Waals surface area contributed by atoms with E-state index in [-0.39, 0.29) is 0 Å². The Morgan fingerprint density at radius 3 is 2.91 bits per heavy atom. The lowest BCUT2D eigenvalue weighted by atomic mass is 10.1. The number of nitriles is 1. The van der Waals surface area contributed by atoms with Gasteiger partial charge in [0, 0.05) is 5.38 Å². The molecule has 1 aromatic carbocycles. The first kappa shape index (κ1) is 14.5. The van der Waals surface area contributed by atoms with Gasteiger partial charge < -0.3 is 4.74 Å². The van der Waals surface area contributed by atoms with E-state index in [4.69, 9.17) is 4.74 Å². The minimum atomic E-state index is 0.557. The Hall–Kier alpha value is -2.42. The molecule has 0 unspecified atom stereocenters. The van der Waals surface area contributed by atoms with Crippen molar-refractivity contribution < 1.29 is 4.74 Å². The first-order valence-corrected chi connectivity index (χ1v) is 8.31. The minimum Gasteiger partial charge on any atom is -0.497 e. The maximum Gasteiger partial charge on any atom is 0.134 e. The highest BCUT2D eigenvalue weighted by Gasteiger charge is 2.09. The molecule has 108 valence electrons. The Morgan fingerprint density at radius 2 is 2.18 bits per heavy atom. The number of hydrogen-bond donors (Lipinski definition) is 0. The van der Waals surface area contributed by atoms with Crippen LogP contribution in [-0.4, -0.2) is 12.1 Å². The highest BCUT2D eigenvalue weighted by molar-refractivity contribution is 7.14. The van der Waals surface area contributed by atoms with Crippen LogP contribution in [0.5, 0.6) is 5.75 Å². The largest absolute Gasteiger partial charge is 0.497 e. The molecule has 2 heterocycles.